The maximum Gasteiger partial charge on any atom is 0.408 e. The number of terminal acetylenes is 1. The highest BCUT2D eigenvalue weighted by atomic mass is 16.6. The number of alkyl carbamates (subject to hydrolysis) is 1. The van der Waals surface area contributed by atoms with Gasteiger partial charge >= 0.3 is 6.09 Å². The minimum absolute atomic E-state index is 0.400. The summed E-state index contributed by atoms with van der Waals surface area (Å²) in [4.78, 5) is 51.3. The Bertz CT molecular complexity index is 884. The first-order valence-electron chi connectivity index (χ1n) is 10.8. The van der Waals surface area contributed by atoms with E-state index in [2.05, 4.69) is 16.6 Å². The van der Waals surface area contributed by atoms with Gasteiger partial charge in [-0.1, -0.05) is 31.4 Å². The predicted molar refractivity (Wildman–Crippen MR) is 125 cm³/mol. The number of hydrogen-bond acceptors (Lipinski definition) is 5. The molecule has 0 fully saturated rings. The molecule has 1 aromatic rings. The number of benzene rings is 1. The molecule has 33 heavy (non-hydrogen) atoms. The van der Waals surface area contributed by atoms with Crippen LogP contribution in [0.15, 0.2) is 24.3 Å². The molecule has 0 heterocycles. The van der Waals surface area contributed by atoms with Crippen molar-refractivity contribution in [3.8, 4) is 12.3 Å². The predicted octanol–water partition coefficient (Wildman–Crippen LogP) is 1.85. The number of amides is 4. The van der Waals surface area contributed by atoms with Gasteiger partial charge in [-0.2, -0.15) is 0 Å². The van der Waals surface area contributed by atoms with Crippen LogP contribution in [0.25, 0.3) is 0 Å². The lowest BCUT2D eigenvalue weighted by atomic mass is 10.0. The van der Waals surface area contributed by atoms with Crippen molar-refractivity contribution in [1.29, 1.82) is 0 Å². The Morgan fingerprint density at radius 3 is 2.27 bits per heavy atom. The van der Waals surface area contributed by atoms with Crippen molar-refractivity contribution in [2.45, 2.75) is 64.6 Å². The van der Waals surface area contributed by atoms with E-state index in [9.17, 15) is 19.2 Å². The number of likely N-dealkylation sites (N-methyl/N-ethyl adjacent to an activating group) is 1. The van der Waals surface area contributed by atoms with Crippen LogP contribution in [0, 0.1) is 12.3 Å². The van der Waals surface area contributed by atoms with Crippen molar-refractivity contribution in [3.63, 3.8) is 0 Å². The smallest absolute Gasteiger partial charge is 0.408 e. The molecule has 0 aliphatic rings. The number of carbonyl (C=O) groups is 4. The molecule has 4 N–H and O–H groups in total. The highest BCUT2D eigenvalue weighted by Crippen LogP contribution is 2.22. The SMILES string of the molecule is C#Cc1ccc(C(C(=O)NCCCC)N(C)C(=O)C(CC(N)=O)NC(=O)OC(C)(C)C)cc1. The van der Waals surface area contributed by atoms with Crippen LogP contribution < -0.4 is 16.4 Å². The fourth-order valence-corrected chi connectivity index (χ4v) is 3.02. The summed E-state index contributed by atoms with van der Waals surface area (Å²) in [5.41, 5.74) is 5.63. The van der Waals surface area contributed by atoms with Crippen LogP contribution in [0.5, 0.6) is 0 Å². The molecule has 0 saturated heterocycles. The normalized spacial score (nSPS) is 12.6. The van der Waals surface area contributed by atoms with Crippen molar-refractivity contribution >= 4 is 23.8 Å². The monoisotopic (exact) mass is 458 g/mol. The first kappa shape index (κ1) is 27.5. The largest absolute Gasteiger partial charge is 0.444 e. The number of nitrogens with two attached hydrogens (primary N) is 1. The molecule has 0 aliphatic carbocycles. The topological polar surface area (TPSA) is 131 Å². The summed E-state index contributed by atoms with van der Waals surface area (Å²) in [5.74, 6) is 0.641. The van der Waals surface area contributed by atoms with Gasteiger partial charge in [0.25, 0.3) is 0 Å². The van der Waals surface area contributed by atoms with E-state index >= 15 is 0 Å². The number of carbonyl (C=O) groups excluding carboxylic acids is 4. The maximum atomic E-state index is 13.3. The molecule has 4 amide bonds. The maximum absolute atomic E-state index is 13.3. The number of nitrogens with zero attached hydrogens (tertiary/aromatic N) is 1. The second kappa shape index (κ2) is 12.5. The lowest BCUT2D eigenvalue weighted by molar-refractivity contribution is -0.141. The fraction of sp³-hybridized carbons (Fsp3) is 0.500. The molecule has 0 saturated carbocycles. The van der Waals surface area contributed by atoms with E-state index in [1.165, 1.54) is 11.9 Å². The third-order valence-corrected chi connectivity index (χ3v) is 4.60. The minimum Gasteiger partial charge on any atom is -0.444 e. The van der Waals surface area contributed by atoms with Crippen molar-refractivity contribution in [2.75, 3.05) is 13.6 Å². The van der Waals surface area contributed by atoms with Crippen LogP contribution in [0.2, 0.25) is 0 Å². The zero-order valence-electron chi connectivity index (χ0n) is 19.9. The number of unbranched alkanes of at least 4 members (excludes halogenated alkanes) is 1. The summed E-state index contributed by atoms with van der Waals surface area (Å²) < 4.78 is 5.19. The molecule has 1 aromatic carbocycles. The van der Waals surface area contributed by atoms with E-state index in [1.54, 1.807) is 45.0 Å². The Balaban J connectivity index is 3.23. The lowest BCUT2D eigenvalue weighted by Crippen LogP contribution is -2.52. The summed E-state index contributed by atoms with van der Waals surface area (Å²) in [6.07, 6.45) is 5.74. The fourth-order valence-electron chi connectivity index (χ4n) is 3.02. The number of primary amides is 1. The first-order valence-corrected chi connectivity index (χ1v) is 10.8. The van der Waals surface area contributed by atoms with Crippen LogP contribution in [0.4, 0.5) is 4.79 Å². The Hall–Kier alpha value is -3.54. The molecule has 9 nitrogen and oxygen atoms in total. The molecule has 0 aliphatic heterocycles. The van der Waals surface area contributed by atoms with Crippen molar-refractivity contribution in [2.24, 2.45) is 5.73 Å². The Labute approximate surface area is 195 Å². The van der Waals surface area contributed by atoms with E-state index in [0.717, 1.165) is 12.8 Å². The van der Waals surface area contributed by atoms with Gasteiger partial charge < -0.3 is 26.0 Å². The van der Waals surface area contributed by atoms with E-state index in [1.807, 2.05) is 6.92 Å². The molecular weight excluding hydrogens is 424 g/mol. The molecule has 1 rings (SSSR count). The van der Waals surface area contributed by atoms with Crippen molar-refractivity contribution in [3.05, 3.63) is 35.4 Å². The van der Waals surface area contributed by atoms with Gasteiger partial charge in [-0.05, 0) is 44.9 Å². The highest BCUT2D eigenvalue weighted by Gasteiger charge is 2.34. The zero-order valence-corrected chi connectivity index (χ0v) is 19.9. The Kier molecular flexibility index (Phi) is 10.4. The Morgan fingerprint density at radius 2 is 1.79 bits per heavy atom. The molecule has 0 aromatic heterocycles. The summed E-state index contributed by atoms with van der Waals surface area (Å²) >= 11 is 0. The van der Waals surface area contributed by atoms with E-state index in [0.29, 0.717) is 17.7 Å². The van der Waals surface area contributed by atoms with Crippen LogP contribution in [-0.4, -0.2) is 54.0 Å². The molecule has 0 spiro atoms. The summed E-state index contributed by atoms with van der Waals surface area (Å²) in [6.45, 7) is 7.44. The van der Waals surface area contributed by atoms with Gasteiger partial charge in [0.15, 0.2) is 0 Å². The van der Waals surface area contributed by atoms with E-state index < -0.39 is 47.9 Å². The number of hydrogen-bond donors (Lipinski definition) is 3. The lowest BCUT2D eigenvalue weighted by Gasteiger charge is -2.31. The highest BCUT2D eigenvalue weighted by molar-refractivity contribution is 5.94. The van der Waals surface area contributed by atoms with E-state index in [-0.39, 0.29) is 0 Å². The average molecular weight is 459 g/mol. The third-order valence-electron chi connectivity index (χ3n) is 4.60. The average Bonchev–Trinajstić information content (AvgIpc) is 2.71. The van der Waals surface area contributed by atoms with Gasteiger partial charge in [-0.3, -0.25) is 14.4 Å². The number of ether oxygens (including phenoxy) is 1. The number of nitrogens with one attached hydrogen (secondary N) is 2. The third kappa shape index (κ3) is 9.23. The molecule has 0 radical (unpaired) electrons. The van der Waals surface area contributed by atoms with Crippen molar-refractivity contribution < 1.29 is 23.9 Å². The summed E-state index contributed by atoms with van der Waals surface area (Å²) in [7, 11) is 1.42. The van der Waals surface area contributed by atoms with Gasteiger partial charge in [-0.25, -0.2) is 4.79 Å². The zero-order chi connectivity index (χ0) is 25.2. The second-order valence-corrected chi connectivity index (χ2v) is 8.63. The van der Waals surface area contributed by atoms with Crippen LogP contribution in [0.3, 0.4) is 0 Å². The molecule has 180 valence electrons. The van der Waals surface area contributed by atoms with Gasteiger partial charge in [-0.15, -0.1) is 6.42 Å². The van der Waals surface area contributed by atoms with Crippen LogP contribution in [-0.2, 0) is 19.1 Å². The molecular formula is C24H34N4O5. The molecule has 2 unspecified atom stereocenters. The molecule has 9 heteroatoms. The van der Waals surface area contributed by atoms with Gasteiger partial charge in [0.2, 0.25) is 17.7 Å². The van der Waals surface area contributed by atoms with Gasteiger partial charge in [0, 0.05) is 19.2 Å². The van der Waals surface area contributed by atoms with Crippen LogP contribution >= 0.6 is 0 Å². The summed E-state index contributed by atoms with van der Waals surface area (Å²) in [6, 6.07) is 4.33. The number of rotatable bonds is 10. The molecule has 0 bridgehead atoms. The minimum atomic E-state index is -1.31. The first-order chi connectivity index (χ1) is 15.4. The quantitative estimate of drug-likeness (QED) is 0.364. The standard InChI is InChI=1S/C24H34N4O5/c1-7-9-14-26-21(30)20(17-12-10-16(8-2)11-13-17)28(6)22(31)18(15-19(25)29)27-23(32)33-24(3,4)5/h2,10-13,18,20H,7,9,14-15H2,1,3-6H3,(H2,25,29)(H,26,30)(H,27,32). The van der Waals surface area contributed by atoms with Crippen molar-refractivity contribution in [1.82, 2.24) is 15.5 Å². The van der Waals surface area contributed by atoms with Gasteiger partial charge in [0.1, 0.15) is 17.7 Å². The second-order valence-electron chi connectivity index (χ2n) is 8.63. The van der Waals surface area contributed by atoms with Gasteiger partial charge in [0.05, 0.1) is 6.42 Å². The van der Waals surface area contributed by atoms with Crippen LogP contribution in [0.1, 0.15) is 64.1 Å². The Morgan fingerprint density at radius 1 is 1.18 bits per heavy atom. The summed E-state index contributed by atoms with van der Waals surface area (Å²) in [5, 5.41) is 5.21. The van der Waals surface area contributed by atoms with E-state index in [4.69, 9.17) is 16.9 Å². The molecule has 2 atom stereocenters.